The van der Waals surface area contributed by atoms with Crippen LogP contribution in [-0.2, 0) is 0 Å². The van der Waals surface area contributed by atoms with Gasteiger partial charge in [0.1, 0.15) is 5.50 Å². The van der Waals surface area contributed by atoms with E-state index in [4.69, 9.17) is 0 Å². The largest absolute Gasteiger partial charge is 0.378 e. The zero-order chi connectivity index (χ0) is 15.2. The Morgan fingerprint density at radius 1 is 1.43 bits per heavy atom. The molecule has 1 aliphatic heterocycles. The molecule has 1 atom stereocenters. The van der Waals surface area contributed by atoms with Crippen LogP contribution in [-0.4, -0.2) is 56.7 Å². The number of anilines is 2. The number of nitrogens with one attached hydrogen (secondary N) is 3. The van der Waals surface area contributed by atoms with Crippen LogP contribution < -0.4 is 20.9 Å². The van der Waals surface area contributed by atoms with Crippen molar-refractivity contribution in [2.24, 2.45) is 0 Å². The highest BCUT2D eigenvalue weighted by Gasteiger charge is 2.19. The van der Waals surface area contributed by atoms with Crippen LogP contribution in [0.15, 0.2) is 24.3 Å². The third-order valence-corrected chi connectivity index (χ3v) is 3.91. The second-order valence-electron chi connectivity index (χ2n) is 5.19. The van der Waals surface area contributed by atoms with Crippen molar-refractivity contribution in [3.63, 3.8) is 0 Å². The van der Waals surface area contributed by atoms with E-state index in [1.54, 1.807) is 0 Å². The zero-order valence-electron chi connectivity index (χ0n) is 12.5. The predicted molar refractivity (Wildman–Crippen MR) is 90.1 cm³/mol. The average molecular weight is 309 g/mol. The molecule has 0 aliphatic carbocycles. The SMILES string of the molecule is CN(C)c1ccc(NC(=O)NCCN2CCNC2S)cc1. The van der Waals surface area contributed by atoms with E-state index in [0.29, 0.717) is 6.54 Å². The Morgan fingerprint density at radius 3 is 2.71 bits per heavy atom. The molecule has 1 heterocycles. The molecule has 1 aromatic rings. The second-order valence-corrected chi connectivity index (χ2v) is 5.68. The van der Waals surface area contributed by atoms with E-state index >= 15 is 0 Å². The summed E-state index contributed by atoms with van der Waals surface area (Å²) in [6.45, 7) is 3.29. The summed E-state index contributed by atoms with van der Waals surface area (Å²) in [5, 5.41) is 8.89. The van der Waals surface area contributed by atoms with E-state index in [2.05, 4.69) is 33.5 Å². The van der Waals surface area contributed by atoms with E-state index in [1.165, 1.54) is 0 Å². The van der Waals surface area contributed by atoms with Crippen LogP contribution in [0.3, 0.4) is 0 Å². The number of hydrogen-bond acceptors (Lipinski definition) is 5. The Balaban J connectivity index is 1.71. The fourth-order valence-electron chi connectivity index (χ4n) is 2.15. The first-order chi connectivity index (χ1) is 10.1. The maximum atomic E-state index is 11.8. The summed E-state index contributed by atoms with van der Waals surface area (Å²) in [5.74, 6) is 0. The second kappa shape index (κ2) is 7.53. The van der Waals surface area contributed by atoms with Crippen LogP contribution in [0.25, 0.3) is 0 Å². The number of hydrogen-bond donors (Lipinski definition) is 4. The fourth-order valence-corrected chi connectivity index (χ4v) is 2.51. The van der Waals surface area contributed by atoms with Gasteiger partial charge in [-0.3, -0.25) is 10.2 Å². The lowest BCUT2D eigenvalue weighted by atomic mass is 10.2. The first-order valence-corrected chi connectivity index (χ1v) is 7.55. The predicted octanol–water partition coefficient (Wildman–Crippen LogP) is 0.993. The summed E-state index contributed by atoms with van der Waals surface area (Å²) in [6, 6.07) is 7.54. The quantitative estimate of drug-likeness (QED) is 0.613. The lowest BCUT2D eigenvalue weighted by molar-refractivity contribution is 0.248. The molecule has 0 radical (unpaired) electrons. The third-order valence-electron chi connectivity index (χ3n) is 3.40. The monoisotopic (exact) mass is 309 g/mol. The fraction of sp³-hybridized carbons (Fsp3) is 0.500. The number of nitrogens with zero attached hydrogens (tertiary/aromatic N) is 2. The molecule has 0 spiro atoms. The minimum Gasteiger partial charge on any atom is -0.378 e. The van der Waals surface area contributed by atoms with E-state index < -0.39 is 0 Å². The lowest BCUT2D eigenvalue weighted by Gasteiger charge is -2.19. The van der Waals surface area contributed by atoms with Crippen molar-refractivity contribution < 1.29 is 4.79 Å². The van der Waals surface area contributed by atoms with Gasteiger partial charge < -0.3 is 15.5 Å². The van der Waals surface area contributed by atoms with Crippen LogP contribution in [0.2, 0.25) is 0 Å². The summed E-state index contributed by atoms with van der Waals surface area (Å²) in [5.41, 5.74) is 1.98. The summed E-state index contributed by atoms with van der Waals surface area (Å²) < 4.78 is 0. The van der Waals surface area contributed by atoms with Crippen molar-refractivity contribution in [1.82, 2.24) is 15.5 Å². The molecule has 116 valence electrons. The molecule has 1 fully saturated rings. The molecule has 21 heavy (non-hydrogen) atoms. The highest BCUT2D eigenvalue weighted by molar-refractivity contribution is 7.80. The van der Waals surface area contributed by atoms with Gasteiger partial charge in [0.15, 0.2) is 0 Å². The van der Waals surface area contributed by atoms with Gasteiger partial charge in [-0.2, -0.15) is 0 Å². The van der Waals surface area contributed by atoms with Crippen LogP contribution >= 0.6 is 12.6 Å². The molecular weight excluding hydrogens is 286 g/mol. The third kappa shape index (κ3) is 4.80. The van der Waals surface area contributed by atoms with Crippen molar-refractivity contribution >= 4 is 30.0 Å². The van der Waals surface area contributed by atoms with Gasteiger partial charge >= 0.3 is 6.03 Å². The molecule has 2 amide bonds. The number of amides is 2. The van der Waals surface area contributed by atoms with Crippen molar-refractivity contribution in [2.75, 3.05) is 50.5 Å². The Kier molecular flexibility index (Phi) is 5.72. The van der Waals surface area contributed by atoms with Gasteiger partial charge in [0.25, 0.3) is 0 Å². The van der Waals surface area contributed by atoms with Gasteiger partial charge in [-0.15, -0.1) is 12.6 Å². The summed E-state index contributed by atoms with van der Waals surface area (Å²) >= 11 is 4.40. The number of thiol groups is 1. The van der Waals surface area contributed by atoms with Crippen LogP contribution in [0, 0.1) is 0 Å². The molecule has 3 N–H and O–H groups in total. The van der Waals surface area contributed by atoms with Crippen molar-refractivity contribution in [2.45, 2.75) is 5.50 Å². The van der Waals surface area contributed by atoms with E-state index in [9.17, 15) is 4.79 Å². The van der Waals surface area contributed by atoms with Gasteiger partial charge in [0.05, 0.1) is 0 Å². The maximum absolute atomic E-state index is 11.8. The van der Waals surface area contributed by atoms with Crippen molar-refractivity contribution in [1.29, 1.82) is 0 Å². The number of rotatable bonds is 5. The minimum atomic E-state index is -0.185. The summed E-state index contributed by atoms with van der Waals surface area (Å²) in [4.78, 5) is 16.0. The van der Waals surface area contributed by atoms with Gasteiger partial charge in [-0.05, 0) is 24.3 Å². The molecule has 0 bridgehead atoms. The molecule has 6 nitrogen and oxygen atoms in total. The minimum absolute atomic E-state index is 0.0911. The average Bonchev–Trinajstić information content (AvgIpc) is 2.85. The van der Waals surface area contributed by atoms with Crippen LogP contribution in [0.1, 0.15) is 0 Å². The Labute approximate surface area is 131 Å². The van der Waals surface area contributed by atoms with Gasteiger partial charge in [-0.1, -0.05) is 0 Å². The Hall–Kier alpha value is -1.44. The first kappa shape index (κ1) is 15.9. The van der Waals surface area contributed by atoms with Gasteiger partial charge in [0, 0.05) is 51.6 Å². The molecule has 1 aliphatic rings. The van der Waals surface area contributed by atoms with E-state index in [1.807, 2.05) is 43.3 Å². The number of urea groups is 1. The molecule has 1 unspecified atom stereocenters. The first-order valence-electron chi connectivity index (χ1n) is 7.04. The van der Waals surface area contributed by atoms with Gasteiger partial charge in [-0.25, -0.2) is 4.79 Å². The van der Waals surface area contributed by atoms with E-state index in [-0.39, 0.29) is 11.5 Å². The van der Waals surface area contributed by atoms with Crippen LogP contribution in [0.5, 0.6) is 0 Å². The lowest BCUT2D eigenvalue weighted by Crippen LogP contribution is -2.39. The molecule has 2 rings (SSSR count). The normalized spacial score (nSPS) is 18.5. The number of benzene rings is 1. The summed E-state index contributed by atoms with van der Waals surface area (Å²) in [6.07, 6.45) is 0. The topological polar surface area (TPSA) is 59.6 Å². The molecule has 0 aromatic heterocycles. The molecule has 7 heteroatoms. The van der Waals surface area contributed by atoms with Gasteiger partial charge in [0.2, 0.25) is 0 Å². The van der Waals surface area contributed by atoms with E-state index in [0.717, 1.165) is 31.0 Å². The maximum Gasteiger partial charge on any atom is 0.319 e. The Morgan fingerprint density at radius 2 is 2.14 bits per heavy atom. The molecule has 1 aromatic carbocycles. The highest BCUT2D eigenvalue weighted by Crippen LogP contribution is 2.15. The zero-order valence-corrected chi connectivity index (χ0v) is 13.4. The molecule has 0 saturated carbocycles. The summed E-state index contributed by atoms with van der Waals surface area (Å²) in [7, 11) is 3.97. The number of carbonyl (C=O) groups excluding carboxylic acids is 1. The standard InChI is InChI=1S/C14H23N5OS/c1-18(2)12-5-3-11(4-6-12)17-13(20)15-7-9-19-10-8-16-14(19)21/h3-6,14,16,21H,7-10H2,1-2H3,(H2,15,17,20). The Bertz CT molecular complexity index is 465. The smallest absolute Gasteiger partial charge is 0.319 e. The molecule has 1 saturated heterocycles. The number of carbonyl (C=O) groups is 1. The highest BCUT2D eigenvalue weighted by atomic mass is 32.1. The van der Waals surface area contributed by atoms with Crippen LogP contribution in [0.4, 0.5) is 16.2 Å². The molecular formula is C14H23N5OS. The van der Waals surface area contributed by atoms with Crippen molar-refractivity contribution in [3.8, 4) is 0 Å². The van der Waals surface area contributed by atoms with Crippen molar-refractivity contribution in [3.05, 3.63) is 24.3 Å².